The molecule has 0 aliphatic heterocycles. The molecular formula is C29H21ClN4O4S. The fraction of sp³-hybridized carbons (Fsp3) is 0.138. The van der Waals surface area contributed by atoms with Crippen molar-refractivity contribution in [1.29, 1.82) is 5.26 Å². The number of esters is 1. The summed E-state index contributed by atoms with van der Waals surface area (Å²) in [5, 5.41) is 18.5. The molecule has 0 spiro atoms. The smallest absolute Gasteiger partial charge is 0.343 e. The van der Waals surface area contributed by atoms with Crippen LogP contribution in [0.2, 0.25) is 5.02 Å². The first-order chi connectivity index (χ1) is 18.9. The van der Waals surface area contributed by atoms with Crippen LogP contribution >= 0.6 is 22.9 Å². The van der Waals surface area contributed by atoms with E-state index >= 15 is 0 Å². The van der Waals surface area contributed by atoms with Gasteiger partial charge in [-0.1, -0.05) is 41.9 Å². The van der Waals surface area contributed by atoms with Gasteiger partial charge < -0.3 is 10.1 Å². The number of carbonyl (C=O) groups is 3. The van der Waals surface area contributed by atoms with Crippen molar-refractivity contribution in [3.63, 3.8) is 0 Å². The fourth-order valence-corrected chi connectivity index (χ4v) is 5.74. The zero-order valence-corrected chi connectivity index (χ0v) is 22.1. The maximum Gasteiger partial charge on any atom is 0.343 e. The van der Waals surface area contributed by atoms with Crippen LogP contribution in [-0.4, -0.2) is 24.0 Å². The van der Waals surface area contributed by atoms with Gasteiger partial charge in [0.15, 0.2) is 0 Å². The largest absolute Gasteiger partial charge is 0.422 e. The molecule has 1 aromatic heterocycles. The normalized spacial score (nSPS) is 12.5. The first-order valence-electron chi connectivity index (χ1n) is 12.1. The monoisotopic (exact) mass is 556 g/mol. The van der Waals surface area contributed by atoms with Crippen molar-refractivity contribution in [3.05, 3.63) is 92.8 Å². The molecule has 2 N–H and O–H groups in total. The summed E-state index contributed by atoms with van der Waals surface area (Å²) in [5.41, 5.74) is 4.35. The van der Waals surface area contributed by atoms with E-state index in [1.165, 1.54) is 17.6 Å². The predicted octanol–water partition coefficient (Wildman–Crippen LogP) is 5.61. The summed E-state index contributed by atoms with van der Waals surface area (Å²) in [6.07, 6.45) is 4.99. The van der Waals surface area contributed by atoms with Gasteiger partial charge in [-0.25, -0.2) is 10.2 Å². The molecule has 0 bridgehead atoms. The Kier molecular flexibility index (Phi) is 7.68. The quantitative estimate of drug-likeness (QED) is 0.109. The zero-order chi connectivity index (χ0) is 27.4. The summed E-state index contributed by atoms with van der Waals surface area (Å²) >= 11 is 7.24. The topological polar surface area (TPSA) is 121 Å². The molecule has 1 aliphatic carbocycles. The van der Waals surface area contributed by atoms with Gasteiger partial charge in [0, 0.05) is 15.5 Å². The molecule has 0 radical (unpaired) electrons. The molecule has 5 rings (SSSR count). The molecule has 8 nitrogen and oxygen atoms in total. The zero-order valence-electron chi connectivity index (χ0n) is 20.5. The minimum Gasteiger partial charge on any atom is -0.422 e. The van der Waals surface area contributed by atoms with Crippen molar-refractivity contribution in [1.82, 2.24) is 5.43 Å². The second-order valence-corrected chi connectivity index (χ2v) is 10.3. The summed E-state index contributed by atoms with van der Waals surface area (Å²) in [5.74, 6) is -2.30. The van der Waals surface area contributed by atoms with Crippen molar-refractivity contribution in [3.8, 4) is 11.8 Å². The number of hydrogen-bond donors (Lipinski definition) is 2. The highest BCUT2D eigenvalue weighted by Crippen LogP contribution is 2.37. The van der Waals surface area contributed by atoms with Crippen LogP contribution in [0.25, 0.3) is 10.8 Å². The summed E-state index contributed by atoms with van der Waals surface area (Å²) in [6.45, 7) is 0. The highest BCUT2D eigenvalue weighted by Gasteiger charge is 2.23. The maximum atomic E-state index is 12.7. The number of carbonyl (C=O) groups excluding carboxylic acids is 3. The number of anilines is 1. The standard InChI is InChI=1S/C29H21ClN4O4S/c30-19-12-9-18(10-13-19)29(37)38-24-14-11-17-5-1-2-6-20(17)23(24)16-32-34-27(36)26(35)33-28-22(15-31)21-7-3-4-8-25(21)39-28/h1-2,5-6,9-14,16H,3-4,7-8H2,(H,33,35)(H,34,36)/b32-16-. The number of nitrogens with zero attached hydrogens (tertiary/aromatic N) is 2. The Morgan fingerprint density at radius 3 is 2.56 bits per heavy atom. The van der Waals surface area contributed by atoms with Gasteiger partial charge in [0.1, 0.15) is 16.8 Å². The molecule has 194 valence electrons. The van der Waals surface area contributed by atoms with E-state index in [9.17, 15) is 19.6 Å². The predicted molar refractivity (Wildman–Crippen MR) is 150 cm³/mol. The van der Waals surface area contributed by atoms with Crippen molar-refractivity contribution < 1.29 is 19.1 Å². The minimum absolute atomic E-state index is 0.221. The Labute approximate surface area is 232 Å². The number of thiophene rings is 1. The van der Waals surface area contributed by atoms with E-state index in [1.54, 1.807) is 36.4 Å². The van der Waals surface area contributed by atoms with Gasteiger partial charge in [-0.3, -0.25) is 9.59 Å². The Hall–Kier alpha value is -4.52. The minimum atomic E-state index is -0.999. The van der Waals surface area contributed by atoms with E-state index in [2.05, 4.69) is 21.9 Å². The SMILES string of the molecule is N#Cc1c(NC(=O)C(=O)N/N=C\c2c(OC(=O)c3ccc(Cl)cc3)ccc3ccccc23)sc2c1CCCC2. The van der Waals surface area contributed by atoms with Gasteiger partial charge in [0.25, 0.3) is 0 Å². The van der Waals surface area contributed by atoms with Crippen LogP contribution in [0.5, 0.6) is 5.75 Å². The number of hydrazone groups is 1. The lowest BCUT2D eigenvalue weighted by Crippen LogP contribution is -2.32. The van der Waals surface area contributed by atoms with E-state index in [4.69, 9.17) is 16.3 Å². The molecule has 0 saturated carbocycles. The summed E-state index contributed by atoms with van der Waals surface area (Å²) in [7, 11) is 0. The van der Waals surface area contributed by atoms with Crippen LogP contribution < -0.4 is 15.5 Å². The average Bonchev–Trinajstić information content (AvgIpc) is 3.30. The Morgan fingerprint density at radius 2 is 1.77 bits per heavy atom. The van der Waals surface area contributed by atoms with Gasteiger partial charge in [-0.05, 0) is 72.4 Å². The van der Waals surface area contributed by atoms with Crippen LogP contribution in [0.1, 0.15) is 44.8 Å². The van der Waals surface area contributed by atoms with Gasteiger partial charge in [-0.15, -0.1) is 11.3 Å². The van der Waals surface area contributed by atoms with E-state index in [1.807, 2.05) is 24.3 Å². The maximum absolute atomic E-state index is 12.7. The van der Waals surface area contributed by atoms with Crippen LogP contribution in [0, 0.1) is 11.3 Å². The number of aryl methyl sites for hydroxylation is 1. The molecule has 0 unspecified atom stereocenters. The Morgan fingerprint density at radius 1 is 1.00 bits per heavy atom. The van der Waals surface area contributed by atoms with Crippen molar-refractivity contribution in [2.75, 3.05) is 5.32 Å². The van der Waals surface area contributed by atoms with Crippen molar-refractivity contribution in [2.45, 2.75) is 25.7 Å². The number of amides is 2. The van der Waals surface area contributed by atoms with Crippen LogP contribution in [0.4, 0.5) is 5.00 Å². The third kappa shape index (κ3) is 5.67. The number of nitriles is 1. The number of hydrogen-bond acceptors (Lipinski definition) is 7. The molecule has 1 aliphatic rings. The molecule has 0 saturated heterocycles. The lowest BCUT2D eigenvalue weighted by atomic mass is 9.96. The molecule has 2 amide bonds. The molecule has 0 atom stereocenters. The molecule has 0 fully saturated rings. The number of rotatable bonds is 5. The number of halogens is 1. The van der Waals surface area contributed by atoms with Crippen LogP contribution in [-0.2, 0) is 22.4 Å². The highest BCUT2D eigenvalue weighted by molar-refractivity contribution is 7.16. The molecular weight excluding hydrogens is 536 g/mol. The molecule has 4 aromatic rings. The second kappa shape index (κ2) is 11.5. The number of ether oxygens (including phenoxy) is 1. The lowest BCUT2D eigenvalue weighted by Gasteiger charge is -2.10. The van der Waals surface area contributed by atoms with Crippen molar-refractivity contribution >= 4 is 62.7 Å². The van der Waals surface area contributed by atoms with E-state index in [0.29, 0.717) is 26.7 Å². The molecule has 1 heterocycles. The molecule has 3 aromatic carbocycles. The lowest BCUT2D eigenvalue weighted by molar-refractivity contribution is -0.136. The van der Waals surface area contributed by atoms with Gasteiger partial charge >= 0.3 is 17.8 Å². The molecule has 10 heteroatoms. The fourth-order valence-electron chi connectivity index (χ4n) is 4.38. The Bertz CT molecular complexity index is 1670. The third-order valence-electron chi connectivity index (χ3n) is 6.29. The van der Waals surface area contributed by atoms with Crippen LogP contribution in [0.15, 0.2) is 65.8 Å². The number of fused-ring (bicyclic) bond motifs is 2. The van der Waals surface area contributed by atoms with Gasteiger partial charge in [0.2, 0.25) is 0 Å². The van der Waals surface area contributed by atoms with E-state index in [0.717, 1.165) is 46.9 Å². The summed E-state index contributed by atoms with van der Waals surface area (Å²) in [4.78, 5) is 38.9. The van der Waals surface area contributed by atoms with E-state index < -0.39 is 17.8 Å². The first kappa shape index (κ1) is 26.1. The average molecular weight is 557 g/mol. The van der Waals surface area contributed by atoms with Crippen molar-refractivity contribution in [2.24, 2.45) is 5.10 Å². The van der Waals surface area contributed by atoms with Crippen LogP contribution in [0.3, 0.4) is 0 Å². The van der Waals surface area contributed by atoms with Gasteiger partial charge in [0.05, 0.1) is 17.3 Å². The highest BCUT2D eigenvalue weighted by atomic mass is 35.5. The first-order valence-corrected chi connectivity index (χ1v) is 13.3. The summed E-state index contributed by atoms with van der Waals surface area (Å²) < 4.78 is 5.63. The molecule has 39 heavy (non-hydrogen) atoms. The number of nitrogens with one attached hydrogen (secondary N) is 2. The second-order valence-electron chi connectivity index (χ2n) is 8.77. The van der Waals surface area contributed by atoms with E-state index in [-0.39, 0.29) is 5.75 Å². The third-order valence-corrected chi connectivity index (χ3v) is 7.75. The summed E-state index contributed by atoms with van der Waals surface area (Å²) in [6, 6.07) is 19.3. The number of benzene rings is 3. The Balaban J connectivity index is 1.34. The van der Waals surface area contributed by atoms with Gasteiger partial charge in [-0.2, -0.15) is 10.4 Å².